The zero-order chi connectivity index (χ0) is 21.9. The number of hydrogen-bond acceptors (Lipinski definition) is 4. The topological polar surface area (TPSA) is 49.8 Å². The molecule has 0 bridgehead atoms. The van der Waals surface area contributed by atoms with Gasteiger partial charge < -0.3 is 10.6 Å². The molecular formula is C20H16F6N4. The number of rotatable bonds is 5. The Kier molecular flexibility index (Phi) is 5.86. The van der Waals surface area contributed by atoms with E-state index >= 15 is 0 Å². The summed E-state index contributed by atoms with van der Waals surface area (Å²) >= 11 is 0. The van der Waals surface area contributed by atoms with E-state index in [0.717, 1.165) is 24.3 Å². The van der Waals surface area contributed by atoms with Crippen LogP contribution in [0.5, 0.6) is 0 Å². The van der Waals surface area contributed by atoms with Crippen LogP contribution >= 0.6 is 0 Å². The molecule has 4 nitrogen and oxygen atoms in total. The predicted molar refractivity (Wildman–Crippen MR) is 100 cm³/mol. The molecule has 30 heavy (non-hydrogen) atoms. The smallest absolute Gasteiger partial charge is 0.366 e. The lowest BCUT2D eigenvalue weighted by Gasteiger charge is -2.12. The lowest BCUT2D eigenvalue weighted by molar-refractivity contribution is -0.138. The van der Waals surface area contributed by atoms with E-state index in [0.29, 0.717) is 22.8 Å². The summed E-state index contributed by atoms with van der Waals surface area (Å²) in [6.45, 7) is 1.79. The highest BCUT2D eigenvalue weighted by Gasteiger charge is 2.30. The second kappa shape index (κ2) is 8.21. The van der Waals surface area contributed by atoms with Crippen LogP contribution in [0, 0.1) is 6.92 Å². The standard InChI is InChI=1S/C20H16F6N4/c1-12-9-17(27-11-13-3-2-4-15(10-13)20(24,25)26)30-18(28-12)29-16-7-5-14(6-8-16)19(21,22)23/h2-10H,11H2,1H3,(H2,27,28,29,30). The van der Waals surface area contributed by atoms with Gasteiger partial charge in [-0.2, -0.15) is 31.3 Å². The molecule has 0 saturated carbocycles. The van der Waals surface area contributed by atoms with Gasteiger partial charge in [-0.05, 0) is 48.9 Å². The predicted octanol–water partition coefficient (Wildman–Crippen LogP) is 6.18. The lowest BCUT2D eigenvalue weighted by atomic mass is 10.1. The molecular weight excluding hydrogens is 410 g/mol. The van der Waals surface area contributed by atoms with E-state index in [9.17, 15) is 26.3 Å². The van der Waals surface area contributed by atoms with E-state index in [-0.39, 0.29) is 12.5 Å². The molecule has 0 amide bonds. The largest absolute Gasteiger partial charge is 0.416 e. The first-order valence-electron chi connectivity index (χ1n) is 8.71. The van der Waals surface area contributed by atoms with Crippen molar-refractivity contribution >= 4 is 17.5 Å². The van der Waals surface area contributed by atoms with Crippen molar-refractivity contribution in [2.45, 2.75) is 25.8 Å². The van der Waals surface area contributed by atoms with Crippen molar-refractivity contribution in [1.29, 1.82) is 0 Å². The number of benzene rings is 2. The van der Waals surface area contributed by atoms with Crippen molar-refractivity contribution in [2.24, 2.45) is 0 Å². The fourth-order valence-electron chi connectivity index (χ4n) is 2.64. The van der Waals surface area contributed by atoms with E-state index < -0.39 is 23.5 Å². The summed E-state index contributed by atoms with van der Waals surface area (Å²) in [5.74, 6) is 0.496. The van der Waals surface area contributed by atoms with Crippen molar-refractivity contribution in [2.75, 3.05) is 10.6 Å². The third-order valence-corrected chi connectivity index (χ3v) is 4.05. The molecule has 0 aliphatic rings. The minimum Gasteiger partial charge on any atom is -0.366 e. The number of anilines is 3. The molecule has 10 heteroatoms. The summed E-state index contributed by atoms with van der Waals surface area (Å²) in [5, 5.41) is 5.74. The van der Waals surface area contributed by atoms with Crippen LogP contribution in [0.25, 0.3) is 0 Å². The molecule has 1 heterocycles. The van der Waals surface area contributed by atoms with Gasteiger partial charge >= 0.3 is 12.4 Å². The van der Waals surface area contributed by atoms with Gasteiger partial charge in [-0.3, -0.25) is 0 Å². The van der Waals surface area contributed by atoms with Crippen LogP contribution in [-0.4, -0.2) is 9.97 Å². The van der Waals surface area contributed by atoms with E-state index in [1.807, 2.05) is 0 Å². The summed E-state index contributed by atoms with van der Waals surface area (Å²) in [4.78, 5) is 8.38. The molecule has 2 aromatic carbocycles. The molecule has 0 radical (unpaired) electrons. The van der Waals surface area contributed by atoms with Gasteiger partial charge in [0.2, 0.25) is 5.95 Å². The van der Waals surface area contributed by atoms with Crippen LogP contribution in [0.1, 0.15) is 22.4 Å². The van der Waals surface area contributed by atoms with Crippen molar-refractivity contribution in [3.05, 3.63) is 77.0 Å². The van der Waals surface area contributed by atoms with E-state index in [1.165, 1.54) is 18.2 Å². The van der Waals surface area contributed by atoms with Crippen molar-refractivity contribution in [1.82, 2.24) is 9.97 Å². The van der Waals surface area contributed by atoms with Gasteiger partial charge in [0.15, 0.2) is 0 Å². The molecule has 0 unspecified atom stereocenters. The Hall–Kier alpha value is -3.30. The number of nitrogens with zero attached hydrogens (tertiary/aromatic N) is 2. The molecule has 0 spiro atoms. The summed E-state index contributed by atoms with van der Waals surface area (Å²) in [6.07, 6.45) is -8.86. The fraction of sp³-hybridized carbons (Fsp3) is 0.200. The maximum absolute atomic E-state index is 12.8. The molecule has 0 atom stereocenters. The fourth-order valence-corrected chi connectivity index (χ4v) is 2.64. The highest BCUT2D eigenvalue weighted by atomic mass is 19.4. The second-order valence-corrected chi connectivity index (χ2v) is 6.47. The lowest BCUT2D eigenvalue weighted by Crippen LogP contribution is -2.08. The summed E-state index contributed by atoms with van der Waals surface area (Å²) in [5.41, 5.74) is -0.186. The Morgan fingerprint density at radius 3 is 2.10 bits per heavy atom. The number of halogens is 6. The van der Waals surface area contributed by atoms with Crippen LogP contribution in [0.3, 0.4) is 0 Å². The minimum absolute atomic E-state index is 0.0973. The number of nitrogens with one attached hydrogen (secondary N) is 2. The van der Waals surface area contributed by atoms with Gasteiger partial charge in [-0.1, -0.05) is 12.1 Å². The van der Waals surface area contributed by atoms with E-state index in [2.05, 4.69) is 20.6 Å². The van der Waals surface area contributed by atoms with Crippen molar-refractivity contribution < 1.29 is 26.3 Å². The first-order valence-corrected chi connectivity index (χ1v) is 8.71. The number of aryl methyl sites for hydroxylation is 1. The van der Waals surface area contributed by atoms with E-state index in [4.69, 9.17) is 0 Å². The highest BCUT2D eigenvalue weighted by Crippen LogP contribution is 2.31. The Labute approximate surface area is 168 Å². The molecule has 0 aliphatic carbocycles. The van der Waals surface area contributed by atoms with Gasteiger partial charge in [-0.25, -0.2) is 4.98 Å². The summed E-state index contributed by atoms with van der Waals surface area (Å²) < 4.78 is 76.4. The van der Waals surface area contributed by atoms with Crippen LogP contribution in [0.4, 0.5) is 43.8 Å². The second-order valence-electron chi connectivity index (χ2n) is 6.47. The molecule has 0 fully saturated rings. The molecule has 1 aromatic heterocycles. The molecule has 0 aliphatic heterocycles. The zero-order valence-corrected chi connectivity index (χ0v) is 15.6. The van der Waals surface area contributed by atoms with Gasteiger partial charge in [0.25, 0.3) is 0 Å². The Morgan fingerprint density at radius 1 is 0.800 bits per heavy atom. The summed E-state index contributed by atoms with van der Waals surface area (Å²) in [6, 6.07) is 10.9. The zero-order valence-electron chi connectivity index (χ0n) is 15.6. The highest BCUT2D eigenvalue weighted by molar-refractivity contribution is 5.56. The van der Waals surface area contributed by atoms with Gasteiger partial charge in [0.05, 0.1) is 11.1 Å². The van der Waals surface area contributed by atoms with Gasteiger partial charge in [0.1, 0.15) is 5.82 Å². The Balaban J connectivity index is 1.71. The molecule has 3 rings (SSSR count). The average Bonchev–Trinajstić information content (AvgIpc) is 2.65. The van der Waals surface area contributed by atoms with E-state index in [1.54, 1.807) is 19.1 Å². The van der Waals surface area contributed by atoms with Crippen molar-refractivity contribution in [3.8, 4) is 0 Å². The monoisotopic (exact) mass is 426 g/mol. The third kappa shape index (κ3) is 5.62. The van der Waals surface area contributed by atoms with Gasteiger partial charge in [-0.15, -0.1) is 0 Å². The Bertz CT molecular complexity index is 1010. The maximum Gasteiger partial charge on any atom is 0.416 e. The SMILES string of the molecule is Cc1cc(NCc2cccc(C(F)(F)F)c2)nc(Nc2ccc(C(F)(F)F)cc2)n1. The van der Waals surface area contributed by atoms with Crippen LogP contribution < -0.4 is 10.6 Å². The number of alkyl halides is 6. The Morgan fingerprint density at radius 2 is 1.47 bits per heavy atom. The number of hydrogen-bond donors (Lipinski definition) is 2. The molecule has 0 saturated heterocycles. The first kappa shape index (κ1) is 21.4. The average molecular weight is 426 g/mol. The molecule has 158 valence electrons. The normalized spacial score (nSPS) is 12.0. The third-order valence-electron chi connectivity index (χ3n) is 4.05. The van der Waals surface area contributed by atoms with Crippen LogP contribution in [-0.2, 0) is 18.9 Å². The molecule has 2 N–H and O–H groups in total. The van der Waals surface area contributed by atoms with Crippen LogP contribution in [0.2, 0.25) is 0 Å². The van der Waals surface area contributed by atoms with Gasteiger partial charge in [0, 0.05) is 24.0 Å². The van der Waals surface area contributed by atoms with Crippen LogP contribution in [0.15, 0.2) is 54.6 Å². The molecule has 3 aromatic rings. The number of aromatic nitrogens is 2. The maximum atomic E-state index is 12.8. The minimum atomic E-state index is -4.43. The quantitative estimate of drug-likeness (QED) is 0.479. The first-order chi connectivity index (χ1) is 14.0. The van der Waals surface area contributed by atoms with Crippen molar-refractivity contribution in [3.63, 3.8) is 0 Å². The summed E-state index contributed by atoms with van der Waals surface area (Å²) in [7, 11) is 0.